The van der Waals surface area contributed by atoms with Crippen LogP contribution in [0.15, 0.2) is 24.3 Å². The Morgan fingerprint density at radius 1 is 1.04 bits per heavy atom. The standard InChI is InChI=1S/C18H25FN4O/c19-14-4-6-15(7-5-14)22-8-1-9-23(11-10-22)18(24)17-12-16(20-21-17)13-2-3-13/h4-7,13,16-17,20-21H,1-3,8-12H2. The minimum Gasteiger partial charge on any atom is -0.370 e. The highest BCUT2D eigenvalue weighted by molar-refractivity contribution is 5.82. The molecule has 2 aliphatic heterocycles. The minimum absolute atomic E-state index is 0.0898. The van der Waals surface area contributed by atoms with E-state index in [0.717, 1.165) is 50.6 Å². The molecule has 4 rings (SSSR count). The van der Waals surface area contributed by atoms with Crippen molar-refractivity contribution < 1.29 is 9.18 Å². The number of carbonyl (C=O) groups is 1. The second-order valence-corrected chi connectivity index (χ2v) is 7.16. The lowest BCUT2D eigenvalue weighted by molar-refractivity contribution is -0.133. The summed E-state index contributed by atoms with van der Waals surface area (Å²) in [6, 6.07) is 6.99. The number of hydrazine groups is 1. The summed E-state index contributed by atoms with van der Waals surface area (Å²) >= 11 is 0. The average molecular weight is 332 g/mol. The molecule has 130 valence electrons. The number of hydrogen-bond acceptors (Lipinski definition) is 4. The number of nitrogens with one attached hydrogen (secondary N) is 2. The summed E-state index contributed by atoms with van der Waals surface area (Å²) in [6.07, 6.45) is 4.42. The quantitative estimate of drug-likeness (QED) is 0.881. The molecule has 2 atom stereocenters. The molecule has 0 radical (unpaired) electrons. The van der Waals surface area contributed by atoms with E-state index in [9.17, 15) is 9.18 Å². The molecule has 2 unspecified atom stereocenters. The molecule has 2 N–H and O–H groups in total. The molecule has 1 aromatic carbocycles. The molecule has 3 aliphatic rings. The zero-order valence-electron chi connectivity index (χ0n) is 13.9. The molecular formula is C18H25FN4O. The van der Waals surface area contributed by atoms with Crippen LogP contribution in [0.25, 0.3) is 0 Å². The predicted molar refractivity (Wildman–Crippen MR) is 91.0 cm³/mol. The topological polar surface area (TPSA) is 47.6 Å². The zero-order chi connectivity index (χ0) is 16.5. The monoisotopic (exact) mass is 332 g/mol. The number of rotatable bonds is 3. The third-order valence-corrected chi connectivity index (χ3v) is 5.42. The summed E-state index contributed by atoms with van der Waals surface area (Å²) < 4.78 is 13.1. The van der Waals surface area contributed by atoms with Gasteiger partial charge >= 0.3 is 0 Å². The number of anilines is 1. The van der Waals surface area contributed by atoms with Crippen molar-refractivity contribution in [1.82, 2.24) is 15.8 Å². The van der Waals surface area contributed by atoms with E-state index in [-0.39, 0.29) is 17.8 Å². The van der Waals surface area contributed by atoms with Crippen molar-refractivity contribution in [2.45, 2.75) is 37.8 Å². The highest BCUT2D eigenvalue weighted by Crippen LogP contribution is 2.35. The van der Waals surface area contributed by atoms with Crippen molar-refractivity contribution in [2.24, 2.45) is 5.92 Å². The van der Waals surface area contributed by atoms with Crippen LogP contribution in [-0.4, -0.2) is 49.1 Å². The van der Waals surface area contributed by atoms with E-state index in [2.05, 4.69) is 15.8 Å². The van der Waals surface area contributed by atoms with Gasteiger partial charge in [0.2, 0.25) is 5.91 Å². The Kier molecular flexibility index (Phi) is 4.41. The smallest absolute Gasteiger partial charge is 0.241 e. The van der Waals surface area contributed by atoms with Gasteiger partial charge in [0.05, 0.1) is 0 Å². The Labute approximate surface area is 142 Å². The van der Waals surface area contributed by atoms with Crippen molar-refractivity contribution in [1.29, 1.82) is 0 Å². The average Bonchev–Trinajstić information content (AvgIpc) is 3.37. The van der Waals surface area contributed by atoms with Crippen molar-refractivity contribution in [3.05, 3.63) is 30.1 Å². The van der Waals surface area contributed by atoms with Gasteiger partial charge in [0.15, 0.2) is 0 Å². The number of halogens is 1. The molecular weight excluding hydrogens is 307 g/mol. The van der Waals surface area contributed by atoms with E-state index in [1.54, 1.807) is 0 Å². The second-order valence-electron chi connectivity index (χ2n) is 7.16. The van der Waals surface area contributed by atoms with Gasteiger partial charge in [0, 0.05) is 37.9 Å². The molecule has 6 heteroatoms. The SMILES string of the molecule is O=C(C1CC(C2CC2)NN1)N1CCCN(c2ccc(F)cc2)CC1. The Balaban J connectivity index is 1.34. The van der Waals surface area contributed by atoms with Gasteiger partial charge in [0.1, 0.15) is 11.9 Å². The van der Waals surface area contributed by atoms with Gasteiger partial charge in [-0.05, 0) is 55.9 Å². The van der Waals surface area contributed by atoms with E-state index in [0.29, 0.717) is 6.04 Å². The van der Waals surface area contributed by atoms with Crippen LogP contribution in [0.5, 0.6) is 0 Å². The van der Waals surface area contributed by atoms with Crippen LogP contribution in [0, 0.1) is 11.7 Å². The first-order chi connectivity index (χ1) is 11.7. The van der Waals surface area contributed by atoms with Crippen molar-refractivity contribution >= 4 is 11.6 Å². The van der Waals surface area contributed by atoms with Crippen LogP contribution in [-0.2, 0) is 4.79 Å². The third-order valence-electron chi connectivity index (χ3n) is 5.42. The first-order valence-corrected chi connectivity index (χ1v) is 9.01. The van der Waals surface area contributed by atoms with E-state index in [4.69, 9.17) is 0 Å². The van der Waals surface area contributed by atoms with E-state index >= 15 is 0 Å². The van der Waals surface area contributed by atoms with Crippen LogP contribution in [0.3, 0.4) is 0 Å². The number of carbonyl (C=O) groups excluding carboxylic acids is 1. The van der Waals surface area contributed by atoms with Crippen LogP contribution < -0.4 is 15.8 Å². The second kappa shape index (κ2) is 6.69. The summed E-state index contributed by atoms with van der Waals surface area (Å²) in [7, 11) is 0. The van der Waals surface area contributed by atoms with Crippen LogP contribution in [0.1, 0.15) is 25.7 Å². The van der Waals surface area contributed by atoms with Gasteiger partial charge in [-0.2, -0.15) is 0 Å². The summed E-state index contributed by atoms with van der Waals surface area (Å²) in [5.74, 6) is 0.760. The molecule has 2 heterocycles. The summed E-state index contributed by atoms with van der Waals surface area (Å²) in [6.45, 7) is 3.21. The van der Waals surface area contributed by atoms with Crippen molar-refractivity contribution in [3.63, 3.8) is 0 Å². The number of benzene rings is 1. The number of nitrogens with zero attached hydrogens (tertiary/aromatic N) is 2. The van der Waals surface area contributed by atoms with Gasteiger partial charge in [-0.25, -0.2) is 9.82 Å². The Bertz CT molecular complexity index is 589. The number of hydrogen-bond donors (Lipinski definition) is 2. The lowest BCUT2D eigenvalue weighted by Crippen LogP contribution is -2.47. The maximum Gasteiger partial charge on any atom is 0.241 e. The molecule has 3 fully saturated rings. The van der Waals surface area contributed by atoms with Crippen LogP contribution in [0.2, 0.25) is 0 Å². The Hall–Kier alpha value is -1.66. The molecule has 0 spiro atoms. The number of amides is 1. The lowest BCUT2D eigenvalue weighted by Gasteiger charge is -2.25. The van der Waals surface area contributed by atoms with Gasteiger partial charge in [-0.1, -0.05) is 0 Å². The lowest BCUT2D eigenvalue weighted by atomic mass is 10.1. The maximum atomic E-state index is 13.1. The van der Waals surface area contributed by atoms with Crippen LogP contribution in [0.4, 0.5) is 10.1 Å². The summed E-state index contributed by atoms with van der Waals surface area (Å²) in [5.41, 5.74) is 7.53. The predicted octanol–water partition coefficient (Wildman–Crippen LogP) is 1.51. The van der Waals surface area contributed by atoms with Gasteiger partial charge in [-0.3, -0.25) is 10.2 Å². The normalized spacial score (nSPS) is 28.0. The first kappa shape index (κ1) is 15.8. The summed E-state index contributed by atoms with van der Waals surface area (Å²) in [4.78, 5) is 17.0. The Morgan fingerprint density at radius 3 is 2.58 bits per heavy atom. The molecule has 1 saturated carbocycles. The maximum absolute atomic E-state index is 13.1. The van der Waals surface area contributed by atoms with Crippen LogP contribution >= 0.6 is 0 Å². The molecule has 0 aromatic heterocycles. The fourth-order valence-corrected chi connectivity index (χ4v) is 3.82. The van der Waals surface area contributed by atoms with Gasteiger partial charge in [0.25, 0.3) is 0 Å². The molecule has 1 amide bonds. The van der Waals surface area contributed by atoms with Crippen molar-refractivity contribution in [3.8, 4) is 0 Å². The fraction of sp³-hybridized carbons (Fsp3) is 0.611. The molecule has 5 nitrogen and oxygen atoms in total. The third kappa shape index (κ3) is 3.39. The van der Waals surface area contributed by atoms with E-state index < -0.39 is 0 Å². The fourth-order valence-electron chi connectivity index (χ4n) is 3.82. The highest BCUT2D eigenvalue weighted by atomic mass is 19.1. The molecule has 2 saturated heterocycles. The van der Waals surface area contributed by atoms with E-state index in [1.165, 1.54) is 25.0 Å². The minimum atomic E-state index is -0.213. The summed E-state index contributed by atoms with van der Waals surface area (Å²) in [5, 5.41) is 0. The van der Waals surface area contributed by atoms with E-state index in [1.807, 2.05) is 17.0 Å². The van der Waals surface area contributed by atoms with Gasteiger partial charge < -0.3 is 9.80 Å². The first-order valence-electron chi connectivity index (χ1n) is 9.01. The molecule has 24 heavy (non-hydrogen) atoms. The molecule has 0 bridgehead atoms. The Morgan fingerprint density at radius 2 is 1.83 bits per heavy atom. The zero-order valence-corrected chi connectivity index (χ0v) is 13.9. The molecule has 1 aromatic rings. The van der Waals surface area contributed by atoms with Crippen molar-refractivity contribution in [2.75, 3.05) is 31.1 Å². The molecule has 1 aliphatic carbocycles. The largest absolute Gasteiger partial charge is 0.370 e. The highest BCUT2D eigenvalue weighted by Gasteiger charge is 2.40. The van der Waals surface area contributed by atoms with Gasteiger partial charge in [-0.15, -0.1) is 0 Å².